The van der Waals surface area contributed by atoms with Gasteiger partial charge in [-0.1, -0.05) is 23.7 Å². The van der Waals surface area contributed by atoms with Crippen LogP contribution in [0, 0.1) is 0 Å². The van der Waals surface area contributed by atoms with Crippen molar-refractivity contribution >= 4 is 29.1 Å². The Morgan fingerprint density at radius 2 is 2.15 bits per heavy atom. The Bertz CT molecular complexity index is 868. The van der Waals surface area contributed by atoms with Gasteiger partial charge in [-0.05, 0) is 47.9 Å². The van der Waals surface area contributed by atoms with E-state index in [9.17, 15) is 9.59 Å². The SMILES string of the molecule is O=C(NCc1cccc(N2CCCC2=O)c1)C1Cc2cc(Cl)ccc2O1. The molecule has 0 radical (unpaired) electrons. The number of benzene rings is 2. The molecule has 2 aromatic rings. The first-order valence-corrected chi connectivity index (χ1v) is 9.10. The van der Waals surface area contributed by atoms with Crippen molar-refractivity contribution in [3.8, 4) is 5.75 Å². The topological polar surface area (TPSA) is 58.6 Å². The Morgan fingerprint density at radius 3 is 2.96 bits per heavy atom. The molecule has 0 aliphatic carbocycles. The fraction of sp³-hybridized carbons (Fsp3) is 0.300. The normalized spacial score (nSPS) is 18.6. The van der Waals surface area contributed by atoms with Gasteiger partial charge in [-0.25, -0.2) is 0 Å². The van der Waals surface area contributed by atoms with Gasteiger partial charge in [0.2, 0.25) is 5.91 Å². The highest BCUT2D eigenvalue weighted by molar-refractivity contribution is 6.30. The van der Waals surface area contributed by atoms with Crippen molar-refractivity contribution in [2.24, 2.45) is 0 Å². The third-order valence-corrected chi connectivity index (χ3v) is 4.99. The highest BCUT2D eigenvalue weighted by Crippen LogP contribution is 2.31. The number of carbonyl (C=O) groups is 2. The van der Waals surface area contributed by atoms with Gasteiger partial charge in [-0.3, -0.25) is 9.59 Å². The Morgan fingerprint density at radius 1 is 1.27 bits per heavy atom. The smallest absolute Gasteiger partial charge is 0.261 e. The van der Waals surface area contributed by atoms with Crippen LogP contribution in [0.3, 0.4) is 0 Å². The highest BCUT2D eigenvalue weighted by Gasteiger charge is 2.29. The summed E-state index contributed by atoms with van der Waals surface area (Å²) in [5, 5.41) is 3.56. The molecule has 0 spiro atoms. The molecule has 1 unspecified atom stereocenters. The lowest BCUT2D eigenvalue weighted by Gasteiger charge is -2.17. The summed E-state index contributed by atoms with van der Waals surface area (Å²) in [7, 11) is 0. The predicted octanol–water partition coefficient (Wildman–Crippen LogP) is 3.09. The number of rotatable bonds is 4. The third kappa shape index (κ3) is 3.40. The van der Waals surface area contributed by atoms with E-state index >= 15 is 0 Å². The minimum Gasteiger partial charge on any atom is -0.480 e. The minimum absolute atomic E-state index is 0.153. The van der Waals surface area contributed by atoms with E-state index < -0.39 is 6.10 Å². The van der Waals surface area contributed by atoms with Crippen molar-refractivity contribution in [3.05, 3.63) is 58.6 Å². The van der Waals surface area contributed by atoms with Crippen LogP contribution in [0.25, 0.3) is 0 Å². The van der Waals surface area contributed by atoms with Crippen LogP contribution in [0.5, 0.6) is 5.75 Å². The molecule has 5 nitrogen and oxygen atoms in total. The summed E-state index contributed by atoms with van der Waals surface area (Å²) in [5.41, 5.74) is 2.79. The van der Waals surface area contributed by atoms with Crippen molar-refractivity contribution in [3.63, 3.8) is 0 Å². The second-order valence-electron chi connectivity index (χ2n) is 6.60. The van der Waals surface area contributed by atoms with E-state index in [1.165, 1.54) is 0 Å². The zero-order chi connectivity index (χ0) is 18.1. The lowest BCUT2D eigenvalue weighted by atomic mass is 10.1. The minimum atomic E-state index is -0.535. The number of nitrogens with zero attached hydrogens (tertiary/aromatic N) is 1. The molecule has 0 aromatic heterocycles. The number of halogens is 1. The Hall–Kier alpha value is -2.53. The number of carbonyl (C=O) groups excluding carboxylic acids is 2. The van der Waals surface area contributed by atoms with Crippen LogP contribution in [0.4, 0.5) is 5.69 Å². The zero-order valence-electron chi connectivity index (χ0n) is 14.2. The summed E-state index contributed by atoms with van der Waals surface area (Å²) in [6.07, 6.45) is 1.48. The van der Waals surface area contributed by atoms with Crippen molar-refractivity contribution < 1.29 is 14.3 Å². The fourth-order valence-corrected chi connectivity index (χ4v) is 3.62. The standard InChI is InChI=1S/C20H19ClN2O3/c21-15-6-7-17-14(10-15)11-18(26-17)20(25)22-12-13-3-1-4-16(9-13)23-8-2-5-19(23)24/h1,3-4,6-7,9-10,18H,2,5,8,11-12H2,(H,22,25). The molecule has 1 fully saturated rings. The molecule has 2 aliphatic rings. The van der Waals surface area contributed by atoms with E-state index in [0.717, 1.165) is 29.8 Å². The summed E-state index contributed by atoms with van der Waals surface area (Å²) in [5.74, 6) is 0.714. The van der Waals surface area contributed by atoms with Crippen LogP contribution in [0.15, 0.2) is 42.5 Å². The van der Waals surface area contributed by atoms with Gasteiger partial charge >= 0.3 is 0 Å². The molecular formula is C20H19ClN2O3. The van der Waals surface area contributed by atoms with E-state index in [0.29, 0.717) is 30.2 Å². The number of fused-ring (bicyclic) bond motifs is 1. The summed E-state index contributed by atoms with van der Waals surface area (Å²) < 4.78 is 5.71. The molecule has 2 amide bonds. The van der Waals surface area contributed by atoms with E-state index in [2.05, 4.69) is 5.32 Å². The molecule has 2 aromatic carbocycles. The average Bonchev–Trinajstić information content (AvgIpc) is 3.25. The quantitative estimate of drug-likeness (QED) is 0.899. The van der Waals surface area contributed by atoms with Gasteiger partial charge < -0.3 is 15.0 Å². The van der Waals surface area contributed by atoms with Gasteiger partial charge in [0.25, 0.3) is 5.91 Å². The van der Waals surface area contributed by atoms with E-state index in [1.807, 2.05) is 30.3 Å². The second kappa shape index (κ2) is 7.00. The van der Waals surface area contributed by atoms with E-state index in [4.69, 9.17) is 16.3 Å². The maximum absolute atomic E-state index is 12.4. The molecule has 0 saturated carbocycles. The van der Waals surface area contributed by atoms with Gasteiger partial charge in [0.15, 0.2) is 6.10 Å². The van der Waals surface area contributed by atoms with Crippen LogP contribution in [-0.4, -0.2) is 24.5 Å². The molecule has 26 heavy (non-hydrogen) atoms. The maximum Gasteiger partial charge on any atom is 0.261 e. The molecular weight excluding hydrogens is 352 g/mol. The van der Waals surface area contributed by atoms with E-state index in [1.54, 1.807) is 17.0 Å². The molecule has 2 aliphatic heterocycles. The van der Waals surface area contributed by atoms with E-state index in [-0.39, 0.29) is 11.8 Å². The first-order valence-electron chi connectivity index (χ1n) is 8.72. The first-order chi connectivity index (χ1) is 12.6. The number of anilines is 1. The van der Waals surface area contributed by atoms with Gasteiger partial charge in [-0.15, -0.1) is 0 Å². The number of amides is 2. The summed E-state index contributed by atoms with van der Waals surface area (Å²) in [6.45, 7) is 1.15. The van der Waals surface area contributed by atoms with Crippen LogP contribution in [0.1, 0.15) is 24.0 Å². The van der Waals surface area contributed by atoms with Crippen molar-refractivity contribution in [2.75, 3.05) is 11.4 Å². The van der Waals surface area contributed by atoms with Crippen molar-refractivity contribution in [1.82, 2.24) is 5.32 Å². The first kappa shape index (κ1) is 16.9. The van der Waals surface area contributed by atoms with Crippen molar-refractivity contribution in [1.29, 1.82) is 0 Å². The molecule has 2 heterocycles. The number of hydrogen-bond acceptors (Lipinski definition) is 3. The number of nitrogens with one attached hydrogen (secondary N) is 1. The van der Waals surface area contributed by atoms with Crippen LogP contribution in [0.2, 0.25) is 5.02 Å². The fourth-order valence-electron chi connectivity index (χ4n) is 3.42. The molecule has 1 N–H and O–H groups in total. The summed E-state index contributed by atoms with van der Waals surface area (Å²) in [6, 6.07) is 13.1. The van der Waals surface area contributed by atoms with Crippen LogP contribution >= 0.6 is 11.6 Å². The maximum atomic E-state index is 12.4. The molecule has 1 atom stereocenters. The molecule has 1 saturated heterocycles. The highest BCUT2D eigenvalue weighted by atomic mass is 35.5. The average molecular weight is 371 g/mol. The van der Waals surface area contributed by atoms with Crippen LogP contribution in [-0.2, 0) is 22.6 Å². The predicted molar refractivity (Wildman–Crippen MR) is 99.4 cm³/mol. The number of hydrogen-bond donors (Lipinski definition) is 1. The zero-order valence-corrected chi connectivity index (χ0v) is 15.0. The monoisotopic (exact) mass is 370 g/mol. The summed E-state index contributed by atoms with van der Waals surface area (Å²) in [4.78, 5) is 26.1. The van der Waals surface area contributed by atoms with Gasteiger partial charge in [-0.2, -0.15) is 0 Å². The Labute approximate surface area is 156 Å². The lowest BCUT2D eigenvalue weighted by molar-refractivity contribution is -0.127. The summed E-state index contributed by atoms with van der Waals surface area (Å²) >= 11 is 5.99. The number of ether oxygens (including phenoxy) is 1. The molecule has 4 rings (SSSR count). The lowest BCUT2D eigenvalue weighted by Crippen LogP contribution is -2.37. The van der Waals surface area contributed by atoms with Gasteiger partial charge in [0.05, 0.1) is 0 Å². The van der Waals surface area contributed by atoms with Gasteiger partial charge in [0, 0.05) is 36.6 Å². The molecule has 6 heteroatoms. The largest absolute Gasteiger partial charge is 0.480 e. The molecule has 0 bridgehead atoms. The van der Waals surface area contributed by atoms with Gasteiger partial charge in [0.1, 0.15) is 5.75 Å². The van der Waals surface area contributed by atoms with Crippen LogP contribution < -0.4 is 15.0 Å². The Balaban J connectivity index is 1.37. The second-order valence-corrected chi connectivity index (χ2v) is 7.04. The van der Waals surface area contributed by atoms with Crippen molar-refractivity contribution in [2.45, 2.75) is 31.9 Å². The molecule has 134 valence electrons. The third-order valence-electron chi connectivity index (χ3n) is 4.75. The Kier molecular flexibility index (Phi) is 4.55.